The fourth-order valence-corrected chi connectivity index (χ4v) is 1.69. The predicted molar refractivity (Wildman–Crippen MR) is 70.9 cm³/mol. The zero-order valence-corrected chi connectivity index (χ0v) is 11.1. The Morgan fingerprint density at radius 1 is 1.28 bits per heavy atom. The molecule has 0 saturated heterocycles. The fraction of sp³-hybridized carbons (Fsp3) is 0.429. The lowest BCUT2D eigenvalue weighted by Gasteiger charge is -2.12. The molecule has 0 spiro atoms. The summed E-state index contributed by atoms with van der Waals surface area (Å²) in [6.45, 7) is 6.23. The predicted octanol–water partition coefficient (Wildman–Crippen LogP) is 3.09. The highest BCUT2D eigenvalue weighted by molar-refractivity contribution is 5.54. The normalized spacial score (nSPS) is 14.4. The van der Waals surface area contributed by atoms with Gasteiger partial charge in [0.05, 0.1) is 6.04 Å². The van der Waals surface area contributed by atoms with Crippen LogP contribution >= 0.6 is 0 Å². The van der Waals surface area contributed by atoms with Crippen LogP contribution in [0, 0.1) is 12.8 Å². The molecule has 0 aliphatic heterocycles. The summed E-state index contributed by atoms with van der Waals surface area (Å²) in [6.07, 6.45) is 0.989. The molecule has 2 rings (SSSR count). The van der Waals surface area contributed by atoms with Gasteiger partial charge in [0, 0.05) is 5.56 Å². The first-order chi connectivity index (χ1) is 8.61. The number of nitrogens with zero attached hydrogens (tertiary/aromatic N) is 2. The van der Waals surface area contributed by atoms with E-state index in [9.17, 15) is 0 Å². The van der Waals surface area contributed by atoms with Crippen LogP contribution in [0.3, 0.4) is 0 Å². The summed E-state index contributed by atoms with van der Waals surface area (Å²) >= 11 is 0. The van der Waals surface area contributed by atoms with Crippen molar-refractivity contribution >= 4 is 0 Å². The monoisotopic (exact) mass is 245 g/mol. The molecule has 2 aromatic rings. The molecule has 1 heterocycles. The third kappa shape index (κ3) is 2.59. The molecule has 96 valence electrons. The van der Waals surface area contributed by atoms with Crippen LogP contribution in [0.25, 0.3) is 11.4 Å². The second kappa shape index (κ2) is 5.31. The van der Waals surface area contributed by atoms with E-state index in [1.165, 1.54) is 5.56 Å². The van der Waals surface area contributed by atoms with Gasteiger partial charge in [-0.2, -0.15) is 4.98 Å². The number of aromatic nitrogens is 2. The van der Waals surface area contributed by atoms with Crippen LogP contribution in [-0.2, 0) is 0 Å². The van der Waals surface area contributed by atoms with Crippen LogP contribution in [0.15, 0.2) is 28.8 Å². The SMILES string of the molecule is CCC(C)[C@H](N)c1nc(-c2ccc(C)cc2)no1. The average Bonchev–Trinajstić information content (AvgIpc) is 2.87. The van der Waals surface area contributed by atoms with Crippen LogP contribution in [0.1, 0.15) is 37.8 Å². The zero-order valence-electron chi connectivity index (χ0n) is 11.1. The van der Waals surface area contributed by atoms with E-state index in [0.717, 1.165) is 12.0 Å². The minimum Gasteiger partial charge on any atom is -0.337 e. The second-order valence-corrected chi connectivity index (χ2v) is 4.73. The van der Waals surface area contributed by atoms with Gasteiger partial charge in [-0.15, -0.1) is 0 Å². The van der Waals surface area contributed by atoms with Crippen molar-refractivity contribution in [3.8, 4) is 11.4 Å². The molecule has 1 aromatic heterocycles. The van der Waals surface area contributed by atoms with E-state index in [1.54, 1.807) is 0 Å². The maximum absolute atomic E-state index is 6.07. The van der Waals surface area contributed by atoms with Gasteiger partial charge in [-0.25, -0.2) is 0 Å². The molecular formula is C14H19N3O. The molecule has 0 fully saturated rings. The van der Waals surface area contributed by atoms with Crippen molar-refractivity contribution in [2.75, 3.05) is 0 Å². The molecule has 0 aliphatic carbocycles. The minimum absolute atomic E-state index is 0.193. The van der Waals surface area contributed by atoms with E-state index in [2.05, 4.69) is 24.0 Å². The maximum Gasteiger partial charge on any atom is 0.244 e. The molecular weight excluding hydrogens is 226 g/mol. The molecule has 4 heteroatoms. The average molecular weight is 245 g/mol. The van der Waals surface area contributed by atoms with E-state index in [1.807, 2.05) is 31.2 Å². The van der Waals surface area contributed by atoms with E-state index >= 15 is 0 Å². The molecule has 0 saturated carbocycles. The first kappa shape index (κ1) is 12.8. The van der Waals surface area contributed by atoms with Gasteiger partial charge in [-0.3, -0.25) is 0 Å². The smallest absolute Gasteiger partial charge is 0.244 e. The molecule has 4 nitrogen and oxygen atoms in total. The van der Waals surface area contributed by atoms with Gasteiger partial charge in [0.1, 0.15) is 0 Å². The number of aryl methyl sites for hydroxylation is 1. The highest BCUT2D eigenvalue weighted by Gasteiger charge is 2.20. The molecule has 0 amide bonds. The lowest BCUT2D eigenvalue weighted by Crippen LogP contribution is -2.18. The van der Waals surface area contributed by atoms with Gasteiger partial charge in [0.15, 0.2) is 0 Å². The van der Waals surface area contributed by atoms with Crippen LogP contribution < -0.4 is 5.73 Å². The van der Waals surface area contributed by atoms with Crippen molar-refractivity contribution in [1.29, 1.82) is 0 Å². The van der Waals surface area contributed by atoms with Crippen LogP contribution in [0.4, 0.5) is 0 Å². The van der Waals surface area contributed by atoms with Crippen molar-refractivity contribution in [2.45, 2.75) is 33.2 Å². The summed E-state index contributed by atoms with van der Waals surface area (Å²) in [6, 6.07) is 7.83. The quantitative estimate of drug-likeness (QED) is 0.899. The summed E-state index contributed by atoms with van der Waals surface area (Å²) in [7, 11) is 0. The Morgan fingerprint density at radius 3 is 2.56 bits per heavy atom. The molecule has 1 aromatic carbocycles. The molecule has 0 aliphatic rings. The molecule has 0 bridgehead atoms. The van der Waals surface area contributed by atoms with Crippen molar-refractivity contribution < 1.29 is 4.52 Å². The Morgan fingerprint density at radius 2 is 1.94 bits per heavy atom. The number of hydrogen-bond donors (Lipinski definition) is 1. The number of benzene rings is 1. The lowest BCUT2D eigenvalue weighted by molar-refractivity contribution is 0.312. The van der Waals surface area contributed by atoms with Gasteiger partial charge >= 0.3 is 0 Å². The summed E-state index contributed by atoms with van der Waals surface area (Å²) in [5.74, 6) is 1.44. The highest BCUT2D eigenvalue weighted by Crippen LogP contribution is 2.23. The third-order valence-corrected chi connectivity index (χ3v) is 3.29. The first-order valence-corrected chi connectivity index (χ1v) is 6.28. The number of nitrogens with two attached hydrogens (primary N) is 1. The van der Waals surface area contributed by atoms with Gasteiger partial charge in [-0.1, -0.05) is 55.3 Å². The van der Waals surface area contributed by atoms with Crippen LogP contribution in [-0.4, -0.2) is 10.1 Å². The van der Waals surface area contributed by atoms with Gasteiger partial charge in [0.25, 0.3) is 0 Å². The second-order valence-electron chi connectivity index (χ2n) is 4.73. The van der Waals surface area contributed by atoms with Gasteiger partial charge in [0.2, 0.25) is 11.7 Å². The summed E-state index contributed by atoms with van der Waals surface area (Å²) in [5, 5.41) is 3.99. The van der Waals surface area contributed by atoms with Crippen molar-refractivity contribution in [1.82, 2.24) is 10.1 Å². The van der Waals surface area contributed by atoms with Gasteiger partial charge in [-0.05, 0) is 12.8 Å². The number of rotatable bonds is 4. The molecule has 2 N–H and O–H groups in total. The highest BCUT2D eigenvalue weighted by atomic mass is 16.5. The largest absolute Gasteiger partial charge is 0.337 e. The lowest BCUT2D eigenvalue weighted by atomic mass is 10.0. The third-order valence-electron chi connectivity index (χ3n) is 3.29. The Kier molecular flexibility index (Phi) is 3.77. The Labute approximate surface area is 107 Å². The molecule has 18 heavy (non-hydrogen) atoms. The Bertz CT molecular complexity index is 504. The van der Waals surface area contributed by atoms with E-state index in [0.29, 0.717) is 17.6 Å². The number of hydrogen-bond acceptors (Lipinski definition) is 4. The maximum atomic E-state index is 6.07. The summed E-state index contributed by atoms with van der Waals surface area (Å²) in [5.41, 5.74) is 8.23. The first-order valence-electron chi connectivity index (χ1n) is 6.28. The van der Waals surface area contributed by atoms with E-state index in [4.69, 9.17) is 10.3 Å². The van der Waals surface area contributed by atoms with Crippen LogP contribution in [0.2, 0.25) is 0 Å². The summed E-state index contributed by atoms with van der Waals surface area (Å²) < 4.78 is 5.25. The Balaban J connectivity index is 2.22. The molecule has 0 radical (unpaired) electrons. The topological polar surface area (TPSA) is 64.9 Å². The van der Waals surface area contributed by atoms with Crippen LogP contribution in [0.5, 0.6) is 0 Å². The molecule has 2 atom stereocenters. The van der Waals surface area contributed by atoms with E-state index < -0.39 is 0 Å². The van der Waals surface area contributed by atoms with Crippen molar-refractivity contribution in [3.63, 3.8) is 0 Å². The minimum atomic E-state index is -0.193. The molecule has 1 unspecified atom stereocenters. The van der Waals surface area contributed by atoms with Crippen molar-refractivity contribution in [3.05, 3.63) is 35.7 Å². The Hall–Kier alpha value is -1.68. The van der Waals surface area contributed by atoms with Gasteiger partial charge < -0.3 is 10.3 Å². The summed E-state index contributed by atoms with van der Waals surface area (Å²) in [4.78, 5) is 4.38. The van der Waals surface area contributed by atoms with E-state index in [-0.39, 0.29) is 6.04 Å². The zero-order chi connectivity index (χ0) is 13.1. The standard InChI is InChI=1S/C14H19N3O/c1-4-10(3)12(15)14-16-13(17-18-14)11-7-5-9(2)6-8-11/h5-8,10,12H,4,15H2,1-3H3/t10?,12-/m0/s1. The van der Waals surface area contributed by atoms with Crippen molar-refractivity contribution in [2.24, 2.45) is 11.7 Å². The fourth-order valence-electron chi connectivity index (χ4n) is 1.69.